The molecule has 2 aromatic carbocycles. The summed E-state index contributed by atoms with van der Waals surface area (Å²) >= 11 is 0. The minimum Gasteiger partial charge on any atom is -0.482 e. The van der Waals surface area contributed by atoms with Crippen molar-refractivity contribution in [2.24, 2.45) is 0 Å². The predicted octanol–water partition coefficient (Wildman–Crippen LogP) is 4.07. The van der Waals surface area contributed by atoms with E-state index in [1.165, 1.54) is 12.3 Å². The van der Waals surface area contributed by atoms with Crippen LogP contribution in [0.5, 0.6) is 5.75 Å². The second-order valence-corrected chi connectivity index (χ2v) is 6.81. The summed E-state index contributed by atoms with van der Waals surface area (Å²) in [4.78, 5) is 26.8. The number of nitrogens with zero attached hydrogens (tertiary/aromatic N) is 3. The lowest BCUT2D eigenvalue weighted by Crippen LogP contribution is -2.16. The van der Waals surface area contributed by atoms with Gasteiger partial charge >= 0.3 is 5.97 Å². The van der Waals surface area contributed by atoms with Crippen LogP contribution in [-0.2, 0) is 16.0 Å². The third-order valence-corrected chi connectivity index (χ3v) is 4.65. The zero-order chi connectivity index (χ0) is 21.6. The van der Waals surface area contributed by atoms with Gasteiger partial charge in [-0.25, -0.2) is 9.78 Å². The van der Waals surface area contributed by atoms with Crippen molar-refractivity contribution in [3.05, 3.63) is 94.8 Å². The average molecular weight is 417 g/mol. The van der Waals surface area contributed by atoms with Crippen molar-refractivity contribution in [2.75, 3.05) is 13.2 Å². The Balaban J connectivity index is 1.31. The van der Waals surface area contributed by atoms with E-state index in [9.17, 15) is 14.9 Å². The van der Waals surface area contributed by atoms with E-state index >= 15 is 0 Å². The molecule has 0 saturated carbocycles. The van der Waals surface area contributed by atoms with Crippen molar-refractivity contribution >= 4 is 17.3 Å². The van der Waals surface area contributed by atoms with E-state index in [0.717, 1.165) is 11.1 Å². The molecule has 2 aromatic heterocycles. The SMILES string of the molecule is O=C(COc1ccc(-c2cn3cc([N+](=O)[O-])ccc3n2)cc1)OCCc1ccccc1. The molecule has 0 fully saturated rings. The van der Waals surface area contributed by atoms with Crippen molar-refractivity contribution in [3.63, 3.8) is 0 Å². The summed E-state index contributed by atoms with van der Waals surface area (Å²) in [6, 6.07) is 19.9. The van der Waals surface area contributed by atoms with Gasteiger partial charge in [0.05, 0.1) is 23.4 Å². The second kappa shape index (κ2) is 9.08. The lowest BCUT2D eigenvalue weighted by atomic mass is 10.2. The molecule has 31 heavy (non-hydrogen) atoms. The molecule has 156 valence electrons. The summed E-state index contributed by atoms with van der Waals surface area (Å²) in [5.41, 5.74) is 3.21. The van der Waals surface area contributed by atoms with Gasteiger partial charge in [-0.05, 0) is 35.9 Å². The van der Waals surface area contributed by atoms with Gasteiger partial charge in [0.25, 0.3) is 5.69 Å². The van der Waals surface area contributed by atoms with Crippen LogP contribution >= 0.6 is 0 Å². The van der Waals surface area contributed by atoms with Crippen molar-refractivity contribution in [1.82, 2.24) is 9.38 Å². The molecule has 0 radical (unpaired) electrons. The van der Waals surface area contributed by atoms with Gasteiger partial charge in [-0.1, -0.05) is 30.3 Å². The molecule has 8 nitrogen and oxygen atoms in total. The second-order valence-electron chi connectivity index (χ2n) is 6.81. The van der Waals surface area contributed by atoms with Crippen molar-refractivity contribution in [2.45, 2.75) is 6.42 Å². The van der Waals surface area contributed by atoms with Crippen LogP contribution in [0.1, 0.15) is 5.56 Å². The molecule has 0 aliphatic heterocycles. The van der Waals surface area contributed by atoms with Crippen LogP contribution in [0.2, 0.25) is 0 Å². The largest absolute Gasteiger partial charge is 0.482 e. The van der Waals surface area contributed by atoms with E-state index in [1.807, 2.05) is 42.5 Å². The summed E-state index contributed by atoms with van der Waals surface area (Å²) in [5.74, 6) is 0.102. The zero-order valence-corrected chi connectivity index (χ0v) is 16.5. The molecule has 0 unspecified atom stereocenters. The van der Waals surface area contributed by atoms with E-state index in [4.69, 9.17) is 9.47 Å². The maximum Gasteiger partial charge on any atom is 0.344 e. The molecule has 0 amide bonds. The number of carbonyl (C=O) groups is 1. The molecule has 0 bridgehead atoms. The number of nitro groups is 1. The maximum atomic E-state index is 11.9. The fourth-order valence-electron chi connectivity index (χ4n) is 3.06. The molecule has 0 N–H and O–H groups in total. The van der Waals surface area contributed by atoms with Crippen molar-refractivity contribution in [3.8, 4) is 17.0 Å². The zero-order valence-electron chi connectivity index (χ0n) is 16.5. The van der Waals surface area contributed by atoms with Crippen LogP contribution < -0.4 is 4.74 Å². The molecule has 0 saturated heterocycles. The lowest BCUT2D eigenvalue weighted by Gasteiger charge is -2.07. The lowest BCUT2D eigenvalue weighted by molar-refractivity contribution is -0.385. The molecule has 0 spiro atoms. The Morgan fingerprint density at radius 2 is 1.77 bits per heavy atom. The molecule has 4 aromatic rings. The fraction of sp³-hybridized carbons (Fsp3) is 0.130. The third-order valence-electron chi connectivity index (χ3n) is 4.65. The van der Waals surface area contributed by atoms with Gasteiger partial charge in [-0.3, -0.25) is 14.5 Å². The van der Waals surface area contributed by atoms with Crippen LogP contribution in [0.15, 0.2) is 79.1 Å². The predicted molar refractivity (Wildman–Crippen MR) is 114 cm³/mol. The minimum atomic E-state index is -0.447. The Morgan fingerprint density at radius 3 is 2.52 bits per heavy atom. The van der Waals surface area contributed by atoms with Gasteiger partial charge in [0, 0.05) is 24.2 Å². The molecular formula is C23H19N3O5. The average Bonchev–Trinajstić information content (AvgIpc) is 3.22. The van der Waals surface area contributed by atoms with Crippen LogP contribution in [0.4, 0.5) is 5.69 Å². The van der Waals surface area contributed by atoms with E-state index in [1.54, 1.807) is 28.8 Å². The number of hydrogen-bond donors (Lipinski definition) is 0. The number of rotatable bonds is 8. The molecule has 0 atom stereocenters. The molecule has 2 heterocycles. The van der Waals surface area contributed by atoms with Gasteiger partial charge in [-0.2, -0.15) is 0 Å². The standard InChI is InChI=1S/C23H19N3O5/c27-23(30-13-12-17-4-2-1-3-5-17)16-31-20-9-6-18(7-10-20)21-15-25-14-19(26(28)29)8-11-22(25)24-21/h1-11,14-15H,12-13,16H2. The normalized spacial score (nSPS) is 10.7. The Hall–Kier alpha value is -4.20. The molecule has 8 heteroatoms. The minimum absolute atomic E-state index is 0.00384. The van der Waals surface area contributed by atoms with E-state index in [2.05, 4.69) is 4.98 Å². The van der Waals surface area contributed by atoms with Gasteiger partial charge in [0.15, 0.2) is 6.61 Å². The highest BCUT2D eigenvalue weighted by Crippen LogP contribution is 2.23. The van der Waals surface area contributed by atoms with E-state index in [0.29, 0.717) is 30.1 Å². The van der Waals surface area contributed by atoms with Gasteiger partial charge in [0.1, 0.15) is 11.4 Å². The number of aromatic nitrogens is 2. The summed E-state index contributed by atoms with van der Waals surface area (Å²) in [7, 11) is 0. The fourth-order valence-corrected chi connectivity index (χ4v) is 3.06. The van der Waals surface area contributed by atoms with Crippen LogP contribution in [0, 0.1) is 10.1 Å². The Labute approximate surface area is 177 Å². The number of fused-ring (bicyclic) bond motifs is 1. The van der Waals surface area contributed by atoms with E-state index in [-0.39, 0.29) is 12.3 Å². The first-order valence-corrected chi connectivity index (χ1v) is 9.64. The van der Waals surface area contributed by atoms with Crippen molar-refractivity contribution in [1.29, 1.82) is 0 Å². The number of pyridine rings is 1. The number of ether oxygens (including phenoxy) is 2. The summed E-state index contributed by atoms with van der Waals surface area (Å²) < 4.78 is 12.3. The summed E-state index contributed by atoms with van der Waals surface area (Å²) in [5, 5.41) is 10.9. The summed E-state index contributed by atoms with van der Waals surface area (Å²) in [6.45, 7) is 0.128. The number of benzene rings is 2. The molecule has 0 aliphatic rings. The number of hydrogen-bond acceptors (Lipinski definition) is 6. The highest BCUT2D eigenvalue weighted by Gasteiger charge is 2.10. The summed E-state index contributed by atoms with van der Waals surface area (Å²) in [6.07, 6.45) is 3.80. The monoisotopic (exact) mass is 417 g/mol. The Bertz CT molecular complexity index is 1200. The molecule has 4 rings (SSSR count). The van der Waals surface area contributed by atoms with Crippen LogP contribution in [0.25, 0.3) is 16.9 Å². The van der Waals surface area contributed by atoms with Gasteiger partial charge in [-0.15, -0.1) is 0 Å². The van der Waals surface area contributed by atoms with Crippen LogP contribution in [0.3, 0.4) is 0 Å². The van der Waals surface area contributed by atoms with Crippen molar-refractivity contribution < 1.29 is 19.2 Å². The first kappa shape index (κ1) is 20.1. The van der Waals surface area contributed by atoms with E-state index < -0.39 is 10.9 Å². The highest BCUT2D eigenvalue weighted by atomic mass is 16.6. The first-order valence-electron chi connectivity index (χ1n) is 9.64. The number of imidazole rings is 1. The first-order chi connectivity index (χ1) is 15.1. The number of esters is 1. The number of carbonyl (C=O) groups excluding carboxylic acids is 1. The highest BCUT2D eigenvalue weighted by molar-refractivity contribution is 5.71. The Morgan fingerprint density at radius 1 is 1.00 bits per heavy atom. The molecule has 0 aliphatic carbocycles. The third kappa shape index (κ3) is 5.05. The Kier molecular flexibility index (Phi) is 5.89. The smallest absolute Gasteiger partial charge is 0.344 e. The van der Waals surface area contributed by atoms with Gasteiger partial charge < -0.3 is 9.47 Å². The quantitative estimate of drug-likeness (QED) is 0.244. The maximum absolute atomic E-state index is 11.9. The topological polar surface area (TPSA) is 96.0 Å². The van der Waals surface area contributed by atoms with Gasteiger partial charge in [0.2, 0.25) is 0 Å². The molecular weight excluding hydrogens is 398 g/mol. The van der Waals surface area contributed by atoms with Crippen LogP contribution in [-0.4, -0.2) is 33.5 Å².